The SMILES string of the molecule is CCC(C)(CC)C(=O)/C=C(\O)C(C)(CC)CC.Cc1cc2c(-c3ccc4c(CC(C)C)coc4c3)cc(-c3[c-]c4ccccc4c(C(C)(C)C)c3)nc2o1.[Ir]. The van der Waals surface area contributed by atoms with Gasteiger partial charge in [-0.3, -0.25) is 9.78 Å². The number of benzene rings is 3. The van der Waals surface area contributed by atoms with Crippen LogP contribution in [0, 0.1) is 29.7 Å². The van der Waals surface area contributed by atoms with Gasteiger partial charge in [0.15, 0.2) is 5.78 Å². The van der Waals surface area contributed by atoms with E-state index in [0.717, 1.165) is 76.6 Å². The first kappa shape index (κ1) is 43.7. The largest absolute Gasteiger partial charge is 0.512 e. The van der Waals surface area contributed by atoms with Crippen molar-refractivity contribution in [3.8, 4) is 22.4 Å². The second-order valence-corrected chi connectivity index (χ2v) is 17.0. The van der Waals surface area contributed by atoms with Crippen LogP contribution in [0.3, 0.4) is 0 Å². The second kappa shape index (κ2) is 17.4. The molecule has 5 nitrogen and oxygen atoms in total. The van der Waals surface area contributed by atoms with Crippen LogP contribution < -0.4 is 0 Å². The Bertz CT molecular complexity index is 2290. The number of pyridine rings is 1. The summed E-state index contributed by atoms with van der Waals surface area (Å²) in [6.45, 7) is 25.3. The molecule has 0 atom stereocenters. The fourth-order valence-electron chi connectivity index (χ4n) is 7.03. The van der Waals surface area contributed by atoms with Gasteiger partial charge < -0.3 is 13.9 Å². The summed E-state index contributed by atoms with van der Waals surface area (Å²) in [7, 11) is 0. The predicted octanol–water partition coefficient (Wildman–Crippen LogP) is 14.3. The zero-order chi connectivity index (χ0) is 39.6. The molecule has 0 spiro atoms. The standard InChI is InChI=1S/C34H32NO2.C15H28O2.Ir/c1-20(2)13-25-19-36-32-17-23(11-12-27(25)32)28-18-31(35-33-29(28)14-21(3)37-33)24-15-22-9-7-8-10-26(22)30(16-24)34(4,5)6;1-7-14(5,8-2)12(16)11-13(17)15(6,9-3)10-4;/h7-12,14,16-20H,13H2,1-6H3;11,16H,7-10H2,1-6H3;/q-1;;/b;12-11-;. The molecule has 6 aromatic rings. The summed E-state index contributed by atoms with van der Waals surface area (Å²) in [6.07, 6.45) is 7.66. The van der Waals surface area contributed by atoms with Crippen molar-refractivity contribution in [1.29, 1.82) is 0 Å². The third kappa shape index (κ3) is 9.35. The van der Waals surface area contributed by atoms with Crippen molar-refractivity contribution in [2.45, 2.75) is 121 Å². The molecule has 3 aromatic heterocycles. The van der Waals surface area contributed by atoms with Gasteiger partial charge in [0.2, 0.25) is 5.71 Å². The molecule has 0 fully saturated rings. The van der Waals surface area contributed by atoms with E-state index in [4.69, 9.17) is 13.8 Å². The van der Waals surface area contributed by atoms with Crippen molar-refractivity contribution in [3.63, 3.8) is 0 Å². The number of allylic oxidation sites excluding steroid dienone is 2. The van der Waals surface area contributed by atoms with Gasteiger partial charge >= 0.3 is 0 Å². The number of ketones is 1. The van der Waals surface area contributed by atoms with Gasteiger partial charge in [-0.15, -0.1) is 29.1 Å². The van der Waals surface area contributed by atoms with Gasteiger partial charge in [-0.2, -0.15) is 0 Å². The molecular weight excluding hydrogens is 859 g/mol. The molecule has 3 aromatic carbocycles. The number of rotatable bonds is 11. The maximum Gasteiger partial charge on any atom is 0.219 e. The van der Waals surface area contributed by atoms with Gasteiger partial charge in [-0.05, 0) is 79.2 Å². The summed E-state index contributed by atoms with van der Waals surface area (Å²) in [4.78, 5) is 17.1. The average molecular weight is 919 g/mol. The Balaban J connectivity index is 0.000000320. The number of aliphatic hydroxyl groups is 1. The average Bonchev–Trinajstić information content (AvgIpc) is 3.74. The van der Waals surface area contributed by atoms with E-state index in [1.165, 1.54) is 28.0 Å². The van der Waals surface area contributed by atoms with Crippen LogP contribution in [0.4, 0.5) is 0 Å². The first-order valence-electron chi connectivity index (χ1n) is 19.8. The Morgan fingerprint density at radius 3 is 2.13 bits per heavy atom. The number of carbonyl (C=O) groups excluding carboxylic acids is 1. The van der Waals surface area contributed by atoms with Crippen molar-refractivity contribution in [1.82, 2.24) is 4.98 Å². The Labute approximate surface area is 342 Å². The van der Waals surface area contributed by atoms with Crippen LogP contribution >= 0.6 is 0 Å². The van der Waals surface area contributed by atoms with E-state index >= 15 is 0 Å². The maximum atomic E-state index is 12.2. The second-order valence-electron chi connectivity index (χ2n) is 17.0. The van der Waals surface area contributed by atoms with E-state index < -0.39 is 0 Å². The molecule has 6 rings (SSSR count). The summed E-state index contributed by atoms with van der Waals surface area (Å²) in [5, 5.41) is 14.7. The van der Waals surface area contributed by atoms with Gasteiger partial charge in [-0.25, -0.2) is 0 Å². The van der Waals surface area contributed by atoms with Gasteiger partial charge in [0, 0.05) is 53.5 Å². The van der Waals surface area contributed by atoms with Crippen LogP contribution in [-0.4, -0.2) is 15.9 Å². The topological polar surface area (TPSA) is 76.5 Å². The van der Waals surface area contributed by atoms with Crippen LogP contribution in [-0.2, 0) is 36.7 Å². The van der Waals surface area contributed by atoms with Crippen LogP contribution in [0.15, 0.2) is 87.6 Å². The van der Waals surface area contributed by atoms with E-state index in [0.29, 0.717) is 11.6 Å². The van der Waals surface area contributed by atoms with Crippen LogP contribution in [0.5, 0.6) is 0 Å². The fraction of sp³-hybridized carbons (Fsp3) is 0.429. The van der Waals surface area contributed by atoms with Gasteiger partial charge in [0.05, 0.1) is 6.26 Å². The number of hydrogen-bond acceptors (Lipinski definition) is 5. The van der Waals surface area contributed by atoms with E-state index in [1.807, 2.05) is 54.7 Å². The first-order valence-corrected chi connectivity index (χ1v) is 19.8. The first-order chi connectivity index (χ1) is 25.5. The Hall–Kier alpha value is -3.99. The molecule has 0 amide bonds. The number of aryl methyl sites for hydroxylation is 1. The molecular formula is C49H60IrNO4-. The zero-order valence-corrected chi connectivity index (χ0v) is 37.4. The molecule has 3 heterocycles. The minimum absolute atomic E-state index is 0. The third-order valence-corrected chi connectivity index (χ3v) is 11.7. The monoisotopic (exact) mass is 919 g/mol. The minimum Gasteiger partial charge on any atom is -0.512 e. The van der Waals surface area contributed by atoms with Crippen molar-refractivity contribution >= 4 is 38.6 Å². The third-order valence-electron chi connectivity index (χ3n) is 11.7. The molecule has 0 aliphatic heterocycles. The van der Waals surface area contributed by atoms with Crippen LogP contribution in [0.25, 0.3) is 55.2 Å². The molecule has 0 aliphatic rings. The Morgan fingerprint density at radius 2 is 1.51 bits per heavy atom. The number of fused-ring (bicyclic) bond motifs is 3. The van der Waals surface area contributed by atoms with Gasteiger partial charge in [0.25, 0.3) is 0 Å². The molecule has 1 N–H and O–H groups in total. The maximum absolute atomic E-state index is 12.2. The molecule has 0 saturated heterocycles. The van der Waals surface area contributed by atoms with Crippen molar-refractivity contribution in [2.24, 2.45) is 16.7 Å². The zero-order valence-electron chi connectivity index (χ0n) is 35.0. The number of aromatic nitrogens is 1. The van der Waals surface area contributed by atoms with Gasteiger partial charge in [-0.1, -0.05) is 124 Å². The normalized spacial score (nSPS) is 12.6. The molecule has 0 unspecified atom stereocenters. The van der Waals surface area contributed by atoms with Gasteiger partial charge in [0.1, 0.15) is 17.1 Å². The summed E-state index contributed by atoms with van der Waals surface area (Å²) >= 11 is 0. The molecule has 55 heavy (non-hydrogen) atoms. The number of nitrogens with zero attached hydrogens (tertiary/aromatic N) is 1. The minimum atomic E-state index is -0.337. The predicted molar refractivity (Wildman–Crippen MR) is 226 cm³/mol. The van der Waals surface area contributed by atoms with Crippen LogP contribution in [0.2, 0.25) is 0 Å². The van der Waals surface area contributed by atoms with Crippen LogP contribution in [0.1, 0.15) is 119 Å². The molecule has 6 heteroatoms. The van der Waals surface area contributed by atoms with Crippen molar-refractivity contribution in [2.75, 3.05) is 0 Å². The number of aliphatic hydroxyl groups excluding tert-OH is 1. The van der Waals surface area contributed by atoms with Crippen molar-refractivity contribution in [3.05, 3.63) is 102 Å². The van der Waals surface area contributed by atoms with E-state index in [1.54, 1.807) is 0 Å². The number of hydrogen-bond donors (Lipinski definition) is 1. The summed E-state index contributed by atoms with van der Waals surface area (Å²) in [5.74, 6) is 1.71. The van der Waals surface area contributed by atoms with E-state index in [-0.39, 0.29) is 47.9 Å². The molecule has 0 aliphatic carbocycles. The molecule has 295 valence electrons. The Kier molecular flexibility index (Phi) is 13.9. The Morgan fingerprint density at radius 1 is 0.855 bits per heavy atom. The summed E-state index contributed by atoms with van der Waals surface area (Å²) in [5.41, 5.74) is 7.47. The summed E-state index contributed by atoms with van der Waals surface area (Å²) in [6, 6.07) is 25.1. The quantitative estimate of drug-likeness (QED) is 0.0796. The summed E-state index contributed by atoms with van der Waals surface area (Å²) < 4.78 is 12.1. The number of furan rings is 2. The van der Waals surface area contributed by atoms with E-state index in [2.05, 4.69) is 101 Å². The fourth-order valence-corrected chi connectivity index (χ4v) is 7.03. The molecule has 1 radical (unpaired) electrons. The van der Waals surface area contributed by atoms with E-state index in [9.17, 15) is 9.90 Å². The van der Waals surface area contributed by atoms with Crippen molar-refractivity contribution < 1.29 is 38.8 Å². The molecule has 0 bridgehead atoms. The molecule has 0 saturated carbocycles. The number of carbonyl (C=O) groups is 1. The smallest absolute Gasteiger partial charge is 0.219 e.